The fourth-order valence-electron chi connectivity index (χ4n) is 9.97. The Bertz CT molecular complexity index is 1620. The molecule has 0 aliphatic heterocycles. The fourth-order valence-corrected chi connectivity index (χ4v) is 9.97. The average molecular weight is 1210 g/mol. The Morgan fingerprint density at radius 3 is 1.04 bits per heavy atom. The number of nitrogens with zero attached hydrogens (tertiary/aromatic N) is 2. The molecule has 3 atom stereocenters. The molecule has 0 radical (unpaired) electrons. The first-order valence-corrected chi connectivity index (χ1v) is 34.3. The second kappa shape index (κ2) is 57.5. The molecule has 0 saturated carbocycles. The van der Waals surface area contributed by atoms with Crippen LogP contribution in [0.5, 0.6) is 0 Å². The molecule has 0 aromatic heterocycles. The molecule has 3 unspecified atom stereocenters. The van der Waals surface area contributed by atoms with Gasteiger partial charge in [0.2, 0.25) is 5.91 Å². The molecule has 0 bridgehead atoms. The minimum absolute atomic E-state index is 0.0323. The van der Waals surface area contributed by atoms with E-state index >= 15 is 0 Å². The molecule has 0 spiro atoms. The summed E-state index contributed by atoms with van der Waals surface area (Å²) in [6.45, 7) is 12.4. The number of ether oxygens (including phenoxy) is 7. The molecule has 0 aliphatic carbocycles. The number of amides is 1. The molecule has 0 rings (SSSR count). The van der Waals surface area contributed by atoms with Crippen molar-refractivity contribution in [2.24, 2.45) is 11.8 Å². The molecule has 0 heterocycles. The Kier molecular flexibility index (Phi) is 54.6. The number of carbonyl (C=O) groups excluding carboxylic acids is 8. The van der Waals surface area contributed by atoms with Crippen molar-refractivity contribution < 1.29 is 71.5 Å². The molecule has 496 valence electrons. The van der Waals surface area contributed by atoms with Gasteiger partial charge in [0.15, 0.2) is 11.8 Å². The summed E-state index contributed by atoms with van der Waals surface area (Å²) in [7, 11) is 3.74. The van der Waals surface area contributed by atoms with Crippen molar-refractivity contribution in [2.45, 2.75) is 311 Å². The summed E-state index contributed by atoms with van der Waals surface area (Å²) in [6.07, 6.45) is 32.4. The molecule has 0 aromatic carbocycles. The van der Waals surface area contributed by atoms with Gasteiger partial charge in [-0.05, 0) is 72.0 Å². The van der Waals surface area contributed by atoms with E-state index in [1.54, 1.807) is 0 Å². The van der Waals surface area contributed by atoms with Crippen LogP contribution in [0.15, 0.2) is 0 Å². The molecule has 0 N–H and O–H groups in total. The normalized spacial score (nSPS) is 12.7. The zero-order valence-corrected chi connectivity index (χ0v) is 55.3. The van der Waals surface area contributed by atoms with Gasteiger partial charge in [0.05, 0.1) is 51.7 Å². The first-order valence-electron chi connectivity index (χ1n) is 34.3. The van der Waals surface area contributed by atoms with E-state index in [0.29, 0.717) is 45.1 Å². The highest BCUT2D eigenvalue weighted by atomic mass is 16.6. The summed E-state index contributed by atoms with van der Waals surface area (Å²) in [6, 6.07) is -1.23. The van der Waals surface area contributed by atoms with Crippen LogP contribution in [0.1, 0.15) is 298 Å². The van der Waals surface area contributed by atoms with Crippen LogP contribution in [0.4, 0.5) is 0 Å². The molecule has 17 nitrogen and oxygen atoms in total. The molecule has 0 fully saturated rings. The predicted octanol–water partition coefficient (Wildman–Crippen LogP) is 14.9. The quantitative estimate of drug-likeness (QED) is 0.0240. The van der Waals surface area contributed by atoms with Crippen LogP contribution in [-0.2, 0) is 71.5 Å². The van der Waals surface area contributed by atoms with Crippen LogP contribution >= 0.6 is 0 Å². The van der Waals surface area contributed by atoms with Crippen molar-refractivity contribution in [3.63, 3.8) is 0 Å². The van der Waals surface area contributed by atoms with Crippen molar-refractivity contribution in [3.8, 4) is 0 Å². The third-order valence-corrected chi connectivity index (χ3v) is 15.3. The molecular weight excluding hydrogens is 1080 g/mol. The van der Waals surface area contributed by atoms with E-state index in [2.05, 4.69) is 34.6 Å². The van der Waals surface area contributed by atoms with Gasteiger partial charge in [-0.15, -0.1) is 0 Å². The standard InChI is InChI=1S/C68H124N2O15/c1-9-15-20-25-29-31-35-38-49-79-63(73)53-59(65(75)81-51-40-33-27-22-17-11-3)67(77)83-55-57(70(48-42-47-69(7)8)61(71)45-46-62(72)85-58(43-14-6)44-37-24-19-13-5)56-84-68(78)60(66(76)82-52-41-34-28-23-18-12-4)54-64(74)80-50-39-36-32-30-26-21-16-10-2/h57-60H,9-56H2,1-8H3. The van der Waals surface area contributed by atoms with Gasteiger partial charge in [-0.25, -0.2) is 0 Å². The maximum Gasteiger partial charge on any atom is 0.321 e. The lowest BCUT2D eigenvalue weighted by molar-refractivity contribution is -0.171. The van der Waals surface area contributed by atoms with E-state index in [1.807, 2.05) is 25.9 Å². The summed E-state index contributed by atoms with van der Waals surface area (Å²) < 4.78 is 39.9. The third kappa shape index (κ3) is 46.5. The van der Waals surface area contributed by atoms with Gasteiger partial charge in [0.1, 0.15) is 19.3 Å². The van der Waals surface area contributed by atoms with Crippen LogP contribution in [-0.4, -0.2) is 136 Å². The number of hydrogen-bond donors (Lipinski definition) is 0. The first kappa shape index (κ1) is 80.7. The zero-order valence-electron chi connectivity index (χ0n) is 55.3. The molecule has 85 heavy (non-hydrogen) atoms. The third-order valence-electron chi connectivity index (χ3n) is 15.3. The second-order valence-corrected chi connectivity index (χ2v) is 23.7. The molecule has 17 heteroatoms. The summed E-state index contributed by atoms with van der Waals surface area (Å²) in [5.41, 5.74) is 0. The monoisotopic (exact) mass is 1210 g/mol. The van der Waals surface area contributed by atoms with Crippen LogP contribution in [0.25, 0.3) is 0 Å². The Morgan fingerprint density at radius 2 is 0.671 bits per heavy atom. The summed E-state index contributed by atoms with van der Waals surface area (Å²) in [5.74, 6) is -10.1. The lowest BCUT2D eigenvalue weighted by Gasteiger charge is -2.32. The second-order valence-electron chi connectivity index (χ2n) is 23.7. The van der Waals surface area contributed by atoms with E-state index in [-0.39, 0.29) is 51.9 Å². The predicted molar refractivity (Wildman–Crippen MR) is 335 cm³/mol. The zero-order chi connectivity index (χ0) is 63.0. The number of hydrogen-bond acceptors (Lipinski definition) is 16. The van der Waals surface area contributed by atoms with Crippen LogP contribution in [0.2, 0.25) is 0 Å². The van der Waals surface area contributed by atoms with Gasteiger partial charge < -0.3 is 43.0 Å². The fraction of sp³-hybridized carbons (Fsp3) is 0.882. The SMILES string of the molecule is CCCCCCCCCCOC(=O)CC(C(=O)OCCCCCCCC)C(=O)OCC(COC(=O)C(CC(=O)OCCCCCCCCCC)C(=O)OCCCCCCCC)N(CCCN(C)C)C(=O)CCC(=O)OC(CCC)CCCCCC. The lowest BCUT2D eigenvalue weighted by Crippen LogP contribution is -2.48. The Hall–Kier alpha value is -4.28. The van der Waals surface area contributed by atoms with E-state index in [9.17, 15) is 38.4 Å². The minimum Gasteiger partial charge on any atom is -0.466 e. The largest absolute Gasteiger partial charge is 0.466 e. The highest BCUT2D eigenvalue weighted by Gasteiger charge is 2.37. The lowest BCUT2D eigenvalue weighted by atomic mass is 10.1. The molecule has 0 aromatic rings. The average Bonchev–Trinajstić information content (AvgIpc) is 3.63. The first-order chi connectivity index (χ1) is 41.2. The number of carbonyl (C=O) groups is 8. The molecular formula is C68H124N2O15. The van der Waals surface area contributed by atoms with Crippen LogP contribution in [0, 0.1) is 11.8 Å². The Balaban J connectivity index is 6.96. The van der Waals surface area contributed by atoms with Gasteiger partial charge in [0, 0.05) is 13.0 Å². The van der Waals surface area contributed by atoms with Gasteiger partial charge in [0.25, 0.3) is 0 Å². The number of esters is 7. The minimum atomic E-state index is -1.71. The van der Waals surface area contributed by atoms with E-state index in [4.69, 9.17) is 33.2 Å². The number of unbranched alkanes of at least 4 members (excludes halogenated alkanes) is 27. The maximum atomic E-state index is 14.5. The van der Waals surface area contributed by atoms with Crippen molar-refractivity contribution in [1.29, 1.82) is 0 Å². The molecule has 1 amide bonds. The van der Waals surface area contributed by atoms with Gasteiger partial charge in [-0.2, -0.15) is 0 Å². The van der Waals surface area contributed by atoms with Gasteiger partial charge >= 0.3 is 41.8 Å². The van der Waals surface area contributed by atoms with Crippen molar-refractivity contribution in [3.05, 3.63) is 0 Å². The smallest absolute Gasteiger partial charge is 0.321 e. The molecule has 0 saturated heterocycles. The van der Waals surface area contributed by atoms with E-state index in [1.165, 1.54) is 43.4 Å². The Labute approximate surface area is 516 Å². The van der Waals surface area contributed by atoms with Gasteiger partial charge in [-0.3, -0.25) is 38.4 Å². The maximum absolute atomic E-state index is 14.5. The highest BCUT2D eigenvalue weighted by Crippen LogP contribution is 2.20. The Morgan fingerprint density at radius 1 is 0.329 bits per heavy atom. The molecule has 0 aliphatic rings. The van der Waals surface area contributed by atoms with Crippen molar-refractivity contribution in [2.75, 3.05) is 66.8 Å². The summed E-state index contributed by atoms with van der Waals surface area (Å²) in [4.78, 5) is 114. The summed E-state index contributed by atoms with van der Waals surface area (Å²) in [5, 5.41) is 0. The van der Waals surface area contributed by atoms with E-state index < -0.39 is 91.6 Å². The van der Waals surface area contributed by atoms with Gasteiger partial charge in [-0.1, -0.05) is 221 Å². The summed E-state index contributed by atoms with van der Waals surface area (Å²) >= 11 is 0. The van der Waals surface area contributed by atoms with E-state index in [0.717, 1.165) is 154 Å². The van der Waals surface area contributed by atoms with Crippen LogP contribution < -0.4 is 0 Å². The van der Waals surface area contributed by atoms with Crippen molar-refractivity contribution in [1.82, 2.24) is 9.80 Å². The topological polar surface area (TPSA) is 208 Å². The van der Waals surface area contributed by atoms with Crippen molar-refractivity contribution >= 4 is 47.7 Å². The van der Waals surface area contributed by atoms with Crippen LogP contribution in [0.3, 0.4) is 0 Å². The highest BCUT2D eigenvalue weighted by molar-refractivity contribution is 5.99. The number of rotatable bonds is 60.